The first kappa shape index (κ1) is 27.4. The smallest absolute Gasteiger partial charge is 0.262 e. The molecule has 1 aromatic carbocycles. The summed E-state index contributed by atoms with van der Waals surface area (Å²) in [6, 6.07) is 6.64. The fourth-order valence-electron chi connectivity index (χ4n) is 4.21. The topological polar surface area (TPSA) is 113 Å². The highest BCUT2D eigenvalue weighted by Crippen LogP contribution is 2.30. The molecule has 1 aliphatic heterocycles. The highest BCUT2D eigenvalue weighted by molar-refractivity contribution is 7.89. The van der Waals surface area contributed by atoms with Crippen LogP contribution in [0.15, 0.2) is 46.7 Å². The van der Waals surface area contributed by atoms with Gasteiger partial charge in [0.15, 0.2) is 5.78 Å². The summed E-state index contributed by atoms with van der Waals surface area (Å²) in [4.78, 5) is 39.3. The zero-order valence-corrected chi connectivity index (χ0v) is 22.8. The fourth-order valence-corrected chi connectivity index (χ4v) is 7.70. The molecule has 37 heavy (non-hydrogen) atoms. The van der Waals surface area contributed by atoms with Crippen molar-refractivity contribution in [1.82, 2.24) is 14.9 Å². The van der Waals surface area contributed by atoms with Gasteiger partial charge in [-0.1, -0.05) is 19.9 Å². The van der Waals surface area contributed by atoms with E-state index in [2.05, 4.69) is 10.6 Å². The van der Waals surface area contributed by atoms with Crippen LogP contribution < -0.4 is 10.6 Å². The van der Waals surface area contributed by atoms with E-state index in [4.69, 9.17) is 0 Å². The number of thiophene rings is 2. The van der Waals surface area contributed by atoms with Gasteiger partial charge in [-0.3, -0.25) is 14.4 Å². The molecule has 4 rings (SSSR count). The van der Waals surface area contributed by atoms with Crippen molar-refractivity contribution in [2.45, 2.75) is 50.1 Å². The first-order chi connectivity index (χ1) is 17.5. The maximum atomic E-state index is 13.6. The van der Waals surface area contributed by atoms with E-state index in [1.54, 1.807) is 6.07 Å². The average molecular weight is 566 g/mol. The second-order valence-corrected chi connectivity index (χ2v) is 13.4. The summed E-state index contributed by atoms with van der Waals surface area (Å²) in [6.07, 6.45) is 0.958. The minimum atomic E-state index is -4.07. The quantitative estimate of drug-likeness (QED) is 0.432. The molecule has 8 nitrogen and oxygen atoms in total. The molecule has 1 saturated heterocycles. The number of halogens is 1. The van der Waals surface area contributed by atoms with Gasteiger partial charge in [-0.15, -0.1) is 22.7 Å². The Balaban J connectivity index is 1.43. The SMILES string of the molecule is CC(C)CC(NC(=O)c1cc2sccc2s1)C(=O)NC1CCCN(S(=O)(=O)c2cccc(F)c2)CC1=O. The Hall–Kier alpha value is -2.67. The number of benzene rings is 1. The number of fused-ring (bicyclic) bond motifs is 1. The number of hydrogen-bond donors (Lipinski definition) is 2. The monoisotopic (exact) mass is 565 g/mol. The molecule has 2 unspecified atom stereocenters. The molecule has 0 bridgehead atoms. The van der Waals surface area contributed by atoms with E-state index in [1.807, 2.05) is 25.3 Å². The molecule has 2 amide bonds. The van der Waals surface area contributed by atoms with Gasteiger partial charge in [-0.2, -0.15) is 4.31 Å². The Labute approximate surface area is 222 Å². The highest BCUT2D eigenvalue weighted by Gasteiger charge is 2.34. The lowest BCUT2D eigenvalue weighted by Gasteiger charge is -2.23. The normalized spacial score (nSPS) is 18.1. The van der Waals surface area contributed by atoms with Crippen molar-refractivity contribution in [2.24, 2.45) is 5.92 Å². The number of nitrogens with one attached hydrogen (secondary N) is 2. The maximum Gasteiger partial charge on any atom is 0.262 e. The molecular formula is C25H28FN3O5S3. The molecule has 1 fully saturated rings. The van der Waals surface area contributed by atoms with Crippen molar-refractivity contribution in [3.8, 4) is 0 Å². The van der Waals surface area contributed by atoms with Crippen LogP contribution in [-0.4, -0.2) is 55.5 Å². The predicted molar refractivity (Wildman–Crippen MR) is 142 cm³/mol. The summed E-state index contributed by atoms with van der Waals surface area (Å²) >= 11 is 2.89. The number of carbonyl (C=O) groups is 3. The fraction of sp³-hybridized carbons (Fsp3) is 0.400. The van der Waals surface area contributed by atoms with Crippen molar-refractivity contribution in [3.63, 3.8) is 0 Å². The number of Topliss-reactive ketones (excluding diaryl/α,β-unsaturated/α-hetero) is 1. The molecule has 1 aliphatic rings. The maximum absolute atomic E-state index is 13.6. The van der Waals surface area contributed by atoms with Crippen molar-refractivity contribution in [2.75, 3.05) is 13.1 Å². The molecule has 2 atom stereocenters. The number of nitrogens with zero attached hydrogens (tertiary/aromatic N) is 1. The van der Waals surface area contributed by atoms with Crippen LogP contribution in [0.1, 0.15) is 42.8 Å². The van der Waals surface area contributed by atoms with Crippen molar-refractivity contribution in [3.05, 3.63) is 52.5 Å². The van der Waals surface area contributed by atoms with Gasteiger partial charge in [0.1, 0.15) is 11.9 Å². The summed E-state index contributed by atoms with van der Waals surface area (Å²) in [5, 5.41) is 7.49. The average Bonchev–Trinajstić information content (AvgIpc) is 3.39. The Morgan fingerprint density at radius 2 is 1.97 bits per heavy atom. The number of ketones is 1. The van der Waals surface area contributed by atoms with Gasteiger partial charge in [0.2, 0.25) is 15.9 Å². The summed E-state index contributed by atoms with van der Waals surface area (Å²) in [5.74, 6) is -1.89. The first-order valence-corrected chi connectivity index (χ1v) is 15.0. The number of sulfonamides is 1. The third kappa shape index (κ3) is 6.43. The van der Waals surface area contributed by atoms with Crippen LogP contribution in [0.5, 0.6) is 0 Å². The van der Waals surface area contributed by atoms with E-state index >= 15 is 0 Å². The lowest BCUT2D eigenvalue weighted by atomic mass is 10.0. The molecule has 0 saturated carbocycles. The molecule has 0 spiro atoms. The van der Waals surface area contributed by atoms with Gasteiger partial charge < -0.3 is 10.6 Å². The van der Waals surface area contributed by atoms with Gasteiger partial charge in [0.25, 0.3) is 5.91 Å². The van der Waals surface area contributed by atoms with Gasteiger partial charge >= 0.3 is 0 Å². The number of hydrogen-bond acceptors (Lipinski definition) is 7. The van der Waals surface area contributed by atoms with Crippen LogP contribution in [-0.2, 0) is 19.6 Å². The van der Waals surface area contributed by atoms with Crippen molar-refractivity contribution >= 4 is 59.7 Å². The van der Waals surface area contributed by atoms with E-state index in [1.165, 1.54) is 34.8 Å². The molecule has 0 radical (unpaired) electrons. The minimum absolute atomic E-state index is 0.0681. The second kappa shape index (κ2) is 11.4. The Bertz CT molecular complexity index is 1390. The Kier molecular flexibility index (Phi) is 8.42. The van der Waals surface area contributed by atoms with E-state index < -0.39 is 46.2 Å². The standard InChI is InChI=1S/C25H28FN3O5S3/c1-15(2)11-19(28-25(32)23-13-22-21(36-23)8-10-35-22)24(31)27-18-7-4-9-29(14-20(18)30)37(33,34)17-6-3-5-16(26)12-17/h3,5-6,8,10,12-13,15,18-19H,4,7,9,11,14H2,1-2H3,(H,27,31)(H,28,32). The summed E-state index contributed by atoms with van der Waals surface area (Å²) in [7, 11) is -4.07. The number of carbonyl (C=O) groups excluding carboxylic acids is 3. The predicted octanol–water partition coefficient (Wildman–Crippen LogP) is 3.79. The molecule has 3 aromatic rings. The van der Waals surface area contributed by atoms with Crippen LogP contribution in [0.2, 0.25) is 0 Å². The molecule has 3 heterocycles. The van der Waals surface area contributed by atoms with E-state index in [9.17, 15) is 27.2 Å². The second-order valence-electron chi connectivity index (χ2n) is 9.38. The van der Waals surface area contributed by atoms with Crippen molar-refractivity contribution < 1.29 is 27.2 Å². The van der Waals surface area contributed by atoms with Crippen LogP contribution in [0.4, 0.5) is 4.39 Å². The lowest BCUT2D eigenvalue weighted by Crippen LogP contribution is -2.52. The van der Waals surface area contributed by atoms with E-state index in [0.29, 0.717) is 17.7 Å². The zero-order chi connectivity index (χ0) is 26.7. The largest absolute Gasteiger partial charge is 0.344 e. The molecule has 198 valence electrons. The van der Waals surface area contributed by atoms with Gasteiger partial charge in [-0.25, -0.2) is 12.8 Å². The minimum Gasteiger partial charge on any atom is -0.344 e. The third-order valence-electron chi connectivity index (χ3n) is 6.06. The molecule has 12 heteroatoms. The van der Waals surface area contributed by atoms with Crippen LogP contribution >= 0.6 is 22.7 Å². The van der Waals surface area contributed by atoms with Crippen molar-refractivity contribution in [1.29, 1.82) is 0 Å². The van der Waals surface area contributed by atoms with Gasteiger partial charge in [0.05, 0.1) is 22.4 Å². The first-order valence-electron chi connectivity index (χ1n) is 11.9. The molecule has 2 aromatic heterocycles. The van der Waals surface area contributed by atoms with Crippen LogP contribution in [0.25, 0.3) is 9.40 Å². The Morgan fingerprint density at radius 3 is 2.68 bits per heavy atom. The number of amides is 2. The molecular weight excluding hydrogens is 537 g/mol. The molecule has 0 aliphatic carbocycles. The summed E-state index contributed by atoms with van der Waals surface area (Å²) < 4.78 is 42.6. The summed E-state index contributed by atoms with van der Waals surface area (Å²) in [5.41, 5.74) is 0. The van der Waals surface area contributed by atoms with E-state index in [-0.39, 0.29) is 29.7 Å². The number of rotatable bonds is 8. The zero-order valence-electron chi connectivity index (χ0n) is 20.4. The van der Waals surface area contributed by atoms with Crippen LogP contribution in [0, 0.1) is 11.7 Å². The highest BCUT2D eigenvalue weighted by atomic mass is 32.2. The molecule has 2 N–H and O–H groups in total. The lowest BCUT2D eigenvalue weighted by molar-refractivity contribution is -0.129. The van der Waals surface area contributed by atoms with Crippen LogP contribution in [0.3, 0.4) is 0 Å². The van der Waals surface area contributed by atoms with Gasteiger partial charge in [-0.05, 0) is 60.9 Å². The van der Waals surface area contributed by atoms with E-state index in [0.717, 1.165) is 25.8 Å². The van der Waals surface area contributed by atoms with Gasteiger partial charge in [0, 0.05) is 15.9 Å². The Morgan fingerprint density at radius 1 is 1.19 bits per heavy atom. The summed E-state index contributed by atoms with van der Waals surface area (Å²) in [6.45, 7) is 3.49. The third-order valence-corrected chi connectivity index (χ3v) is 10.00.